The van der Waals surface area contributed by atoms with Gasteiger partial charge in [-0.05, 0) is 43.2 Å². The summed E-state index contributed by atoms with van der Waals surface area (Å²) in [6.07, 6.45) is 1.72. The first-order chi connectivity index (χ1) is 12.0. The summed E-state index contributed by atoms with van der Waals surface area (Å²) in [5, 5.41) is 2.75. The molecule has 0 unspecified atom stereocenters. The molecule has 1 amide bonds. The van der Waals surface area contributed by atoms with Crippen molar-refractivity contribution in [1.29, 1.82) is 0 Å². The van der Waals surface area contributed by atoms with Crippen molar-refractivity contribution >= 4 is 21.6 Å². The van der Waals surface area contributed by atoms with Crippen molar-refractivity contribution in [3.05, 3.63) is 54.1 Å². The van der Waals surface area contributed by atoms with Crippen LogP contribution in [0, 0.1) is 0 Å². The van der Waals surface area contributed by atoms with Crippen molar-refractivity contribution in [3.8, 4) is 5.75 Å². The Morgan fingerprint density at radius 3 is 2.40 bits per heavy atom. The van der Waals surface area contributed by atoms with Crippen molar-refractivity contribution in [1.82, 2.24) is 4.31 Å². The molecule has 0 bridgehead atoms. The van der Waals surface area contributed by atoms with Crippen LogP contribution in [0.15, 0.2) is 53.4 Å². The molecular weight excluding hydrogens is 340 g/mol. The van der Waals surface area contributed by atoms with Gasteiger partial charge in [0.15, 0.2) is 0 Å². The van der Waals surface area contributed by atoms with Crippen molar-refractivity contribution in [3.63, 3.8) is 0 Å². The maximum absolute atomic E-state index is 12.7. The van der Waals surface area contributed by atoms with Crippen LogP contribution in [-0.2, 0) is 10.0 Å². The number of benzene rings is 2. The maximum Gasteiger partial charge on any atom is 0.259 e. The molecule has 0 atom stereocenters. The van der Waals surface area contributed by atoms with Crippen LogP contribution >= 0.6 is 0 Å². The number of para-hydroxylation sites is 1. The Morgan fingerprint density at radius 2 is 1.76 bits per heavy atom. The van der Waals surface area contributed by atoms with Crippen LogP contribution < -0.4 is 10.1 Å². The van der Waals surface area contributed by atoms with Gasteiger partial charge in [-0.15, -0.1) is 0 Å². The lowest BCUT2D eigenvalue weighted by Gasteiger charge is -2.17. The number of methoxy groups -OCH3 is 1. The van der Waals surface area contributed by atoms with E-state index in [-0.39, 0.29) is 10.5 Å². The van der Waals surface area contributed by atoms with Crippen LogP contribution in [0.5, 0.6) is 5.75 Å². The molecule has 1 aliphatic rings. The molecule has 3 rings (SSSR count). The van der Waals surface area contributed by atoms with E-state index in [1.165, 1.54) is 29.6 Å². The molecule has 1 saturated heterocycles. The molecule has 6 nitrogen and oxygen atoms in total. The van der Waals surface area contributed by atoms with Gasteiger partial charge in [-0.25, -0.2) is 8.42 Å². The summed E-state index contributed by atoms with van der Waals surface area (Å²) in [5.41, 5.74) is 0.814. The summed E-state index contributed by atoms with van der Waals surface area (Å²) >= 11 is 0. The fraction of sp³-hybridized carbons (Fsp3) is 0.278. The van der Waals surface area contributed by atoms with E-state index in [1.807, 2.05) is 6.07 Å². The van der Waals surface area contributed by atoms with E-state index in [9.17, 15) is 13.2 Å². The first-order valence-corrected chi connectivity index (χ1v) is 9.51. The van der Waals surface area contributed by atoms with Crippen LogP contribution in [0.4, 0.5) is 5.69 Å². The summed E-state index contributed by atoms with van der Waals surface area (Å²) in [5.74, 6) is -0.0877. The highest BCUT2D eigenvalue weighted by Gasteiger charge is 2.28. The molecule has 0 aromatic heterocycles. The van der Waals surface area contributed by atoms with Crippen molar-refractivity contribution in [2.75, 3.05) is 25.5 Å². The predicted molar refractivity (Wildman–Crippen MR) is 95.4 cm³/mol. The first-order valence-electron chi connectivity index (χ1n) is 8.07. The Labute approximate surface area is 147 Å². The minimum atomic E-state index is -3.59. The molecule has 7 heteroatoms. The molecule has 1 heterocycles. The molecule has 0 aliphatic carbocycles. The van der Waals surface area contributed by atoms with Crippen molar-refractivity contribution < 1.29 is 17.9 Å². The number of ether oxygens (including phenoxy) is 1. The van der Waals surface area contributed by atoms with E-state index >= 15 is 0 Å². The molecule has 0 spiro atoms. The van der Waals surface area contributed by atoms with E-state index in [1.54, 1.807) is 24.3 Å². The standard InChI is InChI=1S/C18H20N2O4S/c1-24-17-10-9-15(25(22,23)20-11-5-6-12-20)13-16(17)18(21)19-14-7-3-2-4-8-14/h2-4,7-10,13H,5-6,11-12H2,1H3,(H,19,21). The monoisotopic (exact) mass is 360 g/mol. The number of anilines is 1. The van der Waals surface area contributed by atoms with Gasteiger partial charge in [-0.3, -0.25) is 4.79 Å². The van der Waals surface area contributed by atoms with E-state index < -0.39 is 15.9 Å². The summed E-state index contributed by atoms with van der Waals surface area (Å²) < 4.78 is 32.1. The van der Waals surface area contributed by atoms with E-state index in [2.05, 4.69) is 5.32 Å². The second kappa shape index (κ2) is 7.25. The fourth-order valence-electron chi connectivity index (χ4n) is 2.82. The van der Waals surface area contributed by atoms with Gasteiger partial charge < -0.3 is 10.1 Å². The lowest BCUT2D eigenvalue weighted by Crippen LogP contribution is -2.28. The first kappa shape index (κ1) is 17.4. The Balaban J connectivity index is 1.94. The van der Waals surface area contributed by atoms with E-state index in [4.69, 9.17) is 4.74 Å². The molecule has 1 fully saturated rings. The summed E-state index contributed by atoms with van der Waals surface area (Å²) in [4.78, 5) is 12.7. The molecule has 0 saturated carbocycles. The van der Waals surface area contributed by atoms with E-state index in [0.717, 1.165) is 12.8 Å². The summed E-state index contributed by atoms with van der Waals surface area (Å²) in [6, 6.07) is 13.4. The zero-order valence-corrected chi connectivity index (χ0v) is 14.8. The number of carbonyl (C=O) groups excluding carboxylic acids is 1. The zero-order chi connectivity index (χ0) is 17.9. The van der Waals surface area contributed by atoms with Crippen LogP contribution in [0.25, 0.3) is 0 Å². The lowest BCUT2D eigenvalue weighted by molar-refractivity contribution is 0.102. The van der Waals surface area contributed by atoms with Gasteiger partial charge >= 0.3 is 0 Å². The molecule has 1 aliphatic heterocycles. The smallest absolute Gasteiger partial charge is 0.259 e. The average molecular weight is 360 g/mol. The Hall–Kier alpha value is -2.38. The SMILES string of the molecule is COc1ccc(S(=O)(=O)N2CCCC2)cc1C(=O)Nc1ccccc1. The third-order valence-electron chi connectivity index (χ3n) is 4.15. The Morgan fingerprint density at radius 1 is 1.08 bits per heavy atom. The largest absolute Gasteiger partial charge is 0.496 e. The summed E-state index contributed by atoms with van der Waals surface area (Å²) in [7, 11) is -2.15. The normalized spacial score (nSPS) is 15.1. The molecule has 25 heavy (non-hydrogen) atoms. The highest BCUT2D eigenvalue weighted by Crippen LogP contribution is 2.27. The quantitative estimate of drug-likeness (QED) is 0.890. The van der Waals surface area contributed by atoms with Crippen molar-refractivity contribution in [2.45, 2.75) is 17.7 Å². The van der Waals surface area contributed by atoms with Crippen LogP contribution in [0.2, 0.25) is 0 Å². The fourth-order valence-corrected chi connectivity index (χ4v) is 4.37. The van der Waals surface area contributed by atoms with Gasteiger partial charge in [-0.1, -0.05) is 18.2 Å². The number of hydrogen-bond acceptors (Lipinski definition) is 4. The number of carbonyl (C=O) groups is 1. The summed E-state index contributed by atoms with van der Waals surface area (Å²) in [6.45, 7) is 1.03. The zero-order valence-electron chi connectivity index (χ0n) is 13.9. The van der Waals surface area contributed by atoms with Gasteiger partial charge in [0, 0.05) is 18.8 Å². The molecule has 2 aromatic rings. The highest BCUT2D eigenvalue weighted by atomic mass is 32.2. The number of nitrogens with one attached hydrogen (secondary N) is 1. The van der Waals surface area contributed by atoms with Gasteiger partial charge in [0.2, 0.25) is 10.0 Å². The third kappa shape index (κ3) is 3.67. The topological polar surface area (TPSA) is 75.7 Å². The molecule has 1 N–H and O–H groups in total. The number of amides is 1. The maximum atomic E-state index is 12.7. The van der Waals surface area contributed by atoms with Crippen LogP contribution in [0.3, 0.4) is 0 Å². The molecular formula is C18H20N2O4S. The number of sulfonamides is 1. The average Bonchev–Trinajstić information content (AvgIpc) is 3.17. The van der Waals surface area contributed by atoms with Crippen molar-refractivity contribution in [2.24, 2.45) is 0 Å². The van der Waals surface area contributed by atoms with Gasteiger partial charge in [0.05, 0.1) is 17.6 Å². The Kier molecular flexibility index (Phi) is 5.06. The number of hydrogen-bond donors (Lipinski definition) is 1. The predicted octanol–water partition coefficient (Wildman–Crippen LogP) is 2.73. The van der Waals surface area contributed by atoms with E-state index in [0.29, 0.717) is 24.5 Å². The van der Waals surface area contributed by atoms with Gasteiger partial charge in [0.25, 0.3) is 5.91 Å². The second-order valence-electron chi connectivity index (χ2n) is 5.79. The highest BCUT2D eigenvalue weighted by molar-refractivity contribution is 7.89. The van der Waals surface area contributed by atoms with Crippen LogP contribution in [-0.4, -0.2) is 38.8 Å². The lowest BCUT2D eigenvalue weighted by atomic mass is 10.2. The Bertz CT molecular complexity index is 860. The number of nitrogens with zero attached hydrogens (tertiary/aromatic N) is 1. The van der Waals surface area contributed by atoms with Crippen LogP contribution in [0.1, 0.15) is 23.2 Å². The van der Waals surface area contributed by atoms with Gasteiger partial charge in [-0.2, -0.15) is 4.31 Å². The third-order valence-corrected chi connectivity index (χ3v) is 6.04. The minimum Gasteiger partial charge on any atom is -0.496 e. The second-order valence-corrected chi connectivity index (χ2v) is 7.73. The molecule has 0 radical (unpaired) electrons. The molecule has 132 valence electrons. The minimum absolute atomic E-state index is 0.105. The molecule has 2 aromatic carbocycles. The van der Waals surface area contributed by atoms with Gasteiger partial charge in [0.1, 0.15) is 5.75 Å². The number of rotatable bonds is 5.